The summed E-state index contributed by atoms with van der Waals surface area (Å²) >= 11 is 0. The van der Waals surface area contributed by atoms with Gasteiger partial charge in [0.2, 0.25) is 0 Å². The van der Waals surface area contributed by atoms with Crippen LogP contribution in [0.5, 0.6) is 0 Å². The first-order valence-electron chi connectivity index (χ1n) is 8.53. The Morgan fingerprint density at radius 3 is 2.79 bits per heavy atom. The van der Waals surface area contributed by atoms with Crippen molar-refractivity contribution in [3.05, 3.63) is 47.2 Å². The monoisotopic (exact) mass is 323 g/mol. The number of benzene rings is 1. The number of aromatic nitrogens is 2. The first-order valence-corrected chi connectivity index (χ1v) is 8.53. The third kappa shape index (κ3) is 2.97. The molecule has 2 N–H and O–H groups in total. The third-order valence-electron chi connectivity index (χ3n) is 4.71. The summed E-state index contributed by atoms with van der Waals surface area (Å²) in [5.74, 6) is 0.639. The van der Waals surface area contributed by atoms with Gasteiger partial charge in [0.15, 0.2) is 11.5 Å². The van der Waals surface area contributed by atoms with Gasteiger partial charge in [-0.3, -0.25) is 4.79 Å². The van der Waals surface area contributed by atoms with E-state index in [1.807, 2.05) is 18.2 Å². The minimum atomic E-state index is -0.213. The molecular weight excluding hydrogens is 302 g/mol. The van der Waals surface area contributed by atoms with Crippen molar-refractivity contribution in [2.75, 3.05) is 29.9 Å². The van der Waals surface area contributed by atoms with E-state index >= 15 is 0 Å². The Kier molecular flexibility index (Phi) is 4.13. The molecule has 124 valence electrons. The van der Waals surface area contributed by atoms with Gasteiger partial charge < -0.3 is 15.5 Å². The third-order valence-corrected chi connectivity index (χ3v) is 4.71. The molecule has 1 fully saturated rings. The van der Waals surface area contributed by atoms with E-state index in [2.05, 4.69) is 31.8 Å². The van der Waals surface area contributed by atoms with E-state index in [0.29, 0.717) is 5.69 Å². The van der Waals surface area contributed by atoms with Crippen LogP contribution in [-0.4, -0.2) is 35.7 Å². The van der Waals surface area contributed by atoms with Crippen molar-refractivity contribution in [3.8, 4) is 0 Å². The van der Waals surface area contributed by atoms with E-state index < -0.39 is 0 Å². The van der Waals surface area contributed by atoms with E-state index in [9.17, 15) is 4.79 Å². The van der Waals surface area contributed by atoms with Gasteiger partial charge in [0, 0.05) is 25.3 Å². The summed E-state index contributed by atoms with van der Waals surface area (Å²) in [7, 11) is 0. The van der Waals surface area contributed by atoms with Crippen molar-refractivity contribution in [3.63, 3.8) is 0 Å². The molecule has 6 nitrogen and oxygen atoms in total. The molecule has 1 aromatic heterocycles. The molecule has 4 rings (SSSR count). The number of nitrogens with zero attached hydrogens (tertiary/aromatic N) is 3. The van der Waals surface area contributed by atoms with Crippen LogP contribution in [0.2, 0.25) is 0 Å². The minimum absolute atomic E-state index is 0.213. The van der Waals surface area contributed by atoms with Crippen LogP contribution in [0.1, 0.15) is 34.5 Å². The molecule has 0 aliphatic carbocycles. The molecule has 0 atom stereocenters. The summed E-state index contributed by atoms with van der Waals surface area (Å²) in [6.45, 7) is 3.80. The predicted molar refractivity (Wildman–Crippen MR) is 93.3 cm³/mol. The van der Waals surface area contributed by atoms with Crippen LogP contribution < -0.4 is 15.5 Å². The molecular formula is C18H21N5O. The zero-order valence-corrected chi connectivity index (χ0v) is 13.6. The van der Waals surface area contributed by atoms with Crippen LogP contribution in [0.4, 0.5) is 11.5 Å². The lowest BCUT2D eigenvalue weighted by Gasteiger charge is -2.20. The highest BCUT2D eigenvalue weighted by atomic mass is 16.1. The van der Waals surface area contributed by atoms with E-state index in [0.717, 1.165) is 44.1 Å². The SMILES string of the molecule is O=C(Nc1cccc2c1CNCC2)c1ccc(N2CCCC2)nn1. The highest BCUT2D eigenvalue weighted by Crippen LogP contribution is 2.23. The Balaban J connectivity index is 1.50. The van der Waals surface area contributed by atoms with Crippen LogP contribution in [0.15, 0.2) is 30.3 Å². The van der Waals surface area contributed by atoms with Crippen molar-refractivity contribution in [1.82, 2.24) is 15.5 Å². The molecule has 2 aliphatic rings. The fourth-order valence-corrected chi connectivity index (χ4v) is 3.38. The van der Waals surface area contributed by atoms with E-state index in [4.69, 9.17) is 0 Å². The topological polar surface area (TPSA) is 70.2 Å². The van der Waals surface area contributed by atoms with Crippen molar-refractivity contribution < 1.29 is 4.79 Å². The normalized spacial score (nSPS) is 16.8. The number of fused-ring (bicyclic) bond motifs is 1. The Bertz CT molecular complexity index is 738. The number of rotatable bonds is 3. The van der Waals surface area contributed by atoms with Crippen LogP contribution in [0.3, 0.4) is 0 Å². The molecule has 0 unspecified atom stereocenters. The number of hydrogen-bond donors (Lipinski definition) is 2. The van der Waals surface area contributed by atoms with Gasteiger partial charge in [-0.25, -0.2) is 0 Å². The molecule has 0 spiro atoms. The number of carbonyl (C=O) groups is 1. The Labute approximate surface area is 141 Å². The lowest BCUT2D eigenvalue weighted by atomic mass is 9.99. The van der Waals surface area contributed by atoms with Crippen LogP contribution >= 0.6 is 0 Å². The minimum Gasteiger partial charge on any atom is -0.355 e. The van der Waals surface area contributed by atoms with Crippen molar-refractivity contribution in [2.24, 2.45) is 0 Å². The second kappa shape index (κ2) is 6.57. The Morgan fingerprint density at radius 2 is 2.00 bits per heavy atom. The molecule has 0 radical (unpaired) electrons. The maximum absolute atomic E-state index is 12.5. The van der Waals surface area contributed by atoms with Gasteiger partial charge in [-0.1, -0.05) is 12.1 Å². The largest absolute Gasteiger partial charge is 0.355 e. The molecule has 24 heavy (non-hydrogen) atoms. The van der Waals surface area contributed by atoms with Gasteiger partial charge >= 0.3 is 0 Å². The summed E-state index contributed by atoms with van der Waals surface area (Å²) < 4.78 is 0. The Hall–Kier alpha value is -2.47. The lowest BCUT2D eigenvalue weighted by molar-refractivity contribution is 0.102. The standard InChI is InChI=1S/C18H21N5O/c24-18(16-6-7-17(22-21-16)23-10-1-2-11-23)20-15-5-3-4-13-8-9-19-12-14(13)15/h3-7,19H,1-2,8-12H2,(H,20,24). The maximum Gasteiger partial charge on any atom is 0.276 e. The maximum atomic E-state index is 12.5. The summed E-state index contributed by atoms with van der Waals surface area (Å²) in [5.41, 5.74) is 3.66. The van der Waals surface area contributed by atoms with Crippen molar-refractivity contribution in [2.45, 2.75) is 25.8 Å². The molecule has 1 amide bonds. The molecule has 0 saturated carbocycles. The predicted octanol–water partition coefficient (Wildman–Crippen LogP) is 1.97. The highest BCUT2D eigenvalue weighted by molar-refractivity contribution is 6.03. The lowest BCUT2D eigenvalue weighted by Crippen LogP contribution is -2.26. The fraction of sp³-hybridized carbons (Fsp3) is 0.389. The smallest absolute Gasteiger partial charge is 0.276 e. The molecule has 1 aromatic carbocycles. The van der Waals surface area contributed by atoms with Gasteiger partial charge in [-0.15, -0.1) is 10.2 Å². The number of carbonyl (C=O) groups excluding carboxylic acids is 1. The van der Waals surface area contributed by atoms with Crippen LogP contribution in [0.25, 0.3) is 0 Å². The number of amides is 1. The quantitative estimate of drug-likeness (QED) is 0.904. The fourth-order valence-electron chi connectivity index (χ4n) is 3.38. The summed E-state index contributed by atoms with van der Waals surface area (Å²) in [6, 6.07) is 9.69. The van der Waals surface area contributed by atoms with E-state index in [1.54, 1.807) is 6.07 Å². The van der Waals surface area contributed by atoms with Gasteiger partial charge in [-0.05, 0) is 55.1 Å². The van der Waals surface area contributed by atoms with Crippen molar-refractivity contribution >= 4 is 17.4 Å². The van der Waals surface area contributed by atoms with Crippen LogP contribution in [-0.2, 0) is 13.0 Å². The molecule has 2 aromatic rings. The summed E-state index contributed by atoms with van der Waals surface area (Å²) in [5, 5.41) is 14.7. The molecule has 6 heteroatoms. The molecule has 1 saturated heterocycles. The van der Waals surface area contributed by atoms with Crippen LogP contribution in [0, 0.1) is 0 Å². The van der Waals surface area contributed by atoms with E-state index in [1.165, 1.54) is 24.0 Å². The Morgan fingerprint density at radius 1 is 1.12 bits per heavy atom. The average Bonchev–Trinajstić information content (AvgIpc) is 3.17. The van der Waals surface area contributed by atoms with Gasteiger partial charge in [0.1, 0.15) is 0 Å². The zero-order chi connectivity index (χ0) is 16.4. The summed E-state index contributed by atoms with van der Waals surface area (Å²) in [4.78, 5) is 14.7. The zero-order valence-electron chi connectivity index (χ0n) is 13.6. The molecule has 3 heterocycles. The first-order chi connectivity index (χ1) is 11.8. The second-order valence-corrected chi connectivity index (χ2v) is 6.30. The number of anilines is 2. The van der Waals surface area contributed by atoms with Gasteiger partial charge in [0.05, 0.1) is 0 Å². The molecule has 2 aliphatic heterocycles. The highest BCUT2D eigenvalue weighted by Gasteiger charge is 2.17. The van der Waals surface area contributed by atoms with Crippen molar-refractivity contribution in [1.29, 1.82) is 0 Å². The number of hydrogen-bond acceptors (Lipinski definition) is 5. The summed E-state index contributed by atoms with van der Waals surface area (Å²) in [6.07, 6.45) is 3.37. The van der Waals surface area contributed by atoms with E-state index in [-0.39, 0.29) is 5.91 Å². The molecule has 0 bridgehead atoms. The first kappa shape index (κ1) is 15.1. The number of nitrogens with one attached hydrogen (secondary N) is 2. The van der Waals surface area contributed by atoms with Gasteiger partial charge in [0.25, 0.3) is 5.91 Å². The average molecular weight is 323 g/mol. The van der Waals surface area contributed by atoms with Gasteiger partial charge in [-0.2, -0.15) is 0 Å². The second-order valence-electron chi connectivity index (χ2n) is 6.30.